The van der Waals surface area contributed by atoms with Crippen molar-refractivity contribution < 1.29 is 14.2 Å². The largest absolute Gasteiger partial charge is 0.454 e. The zero-order chi connectivity index (χ0) is 20.5. The lowest BCUT2D eigenvalue weighted by atomic mass is 10.1. The van der Waals surface area contributed by atoms with E-state index in [1.807, 2.05) is 24.3 Å². The second-order valence-corrected chi connectivity index (χ2v) is 8.48. The SMILES string of the molecule is COCCN=C1Sc2nc3cc4c(cc3cc2CN1Cc1ccc(Cl)cc1)OCO4. The van der Waals surface area contributed by atoms with Crippen molar-refractivity contribution >= 4 is 39.4 Å². The number of aliphatic imine (C=N–C) groups is 1. The number of benzene rings is 2. The van der Waals surface area contributed by atoms with Crippen molar-refractivity contribution in [2.24, 2.45) is 4.99 Å². The van der Waals surface area contributed by atoms with E-state index >= 15 is 0 Å². The number of methoxy groups -OCH3 is 1. The van der Waals surface area contributed by atoms with Crippen molar-refractivity contribution in [2.75, 3.05) is 27.1 Å². The molecule has 0 fully saturated rings. The molecule has 6 nitrogen and oxygen atoms in total. The summed E-state index contributed by atoms with van der Waals surface area (Å²) in [5.41, 5.74) is 3.25. The summed E-state index contributed by atoms with van der Waals surface area (Å²) in [7, 11) is 1.69. The van der Waals surface area contributed by atoms with Crippen LogP contribution in [0.5, 0.6) is 11.5 Å². The summed E-state index contributed by atoms with van der Waals surface area (Å²) in [5.74, 6) is 1.52. The molecule has 3 aromatic rings. The maximum Gasteiger partial charge on any atom is 0.231 e. The fraction of sp³-hybridized carbons (Fsp3) is 0.273. The second-order valence-electron chi connectivity index (χ2n) is 7.09. The van der Waals surface area contributed by atoms with Crippen LogP contribution in [-0.4, -0.2) is 42.1 Å². The van der Waals surface area contributed by atoms with Gasteiger partial charge in [-0.25, -0.2) is 4.98 Å². The number of rotatable bonds is 5. The van der Waals surface area contributed by atoms with Crippen LogP contribution < -0.4 is 9.47 Å². The predicted molar refractivity (Wildman–Crippen MR) is 119 cm³/mol. The number of hydrogen-bond donors (Lipinski definition) is 0. The van der Waals surface area contributed by atoms with E-state index in [2.05, 4.69) is 23.1 Å². The van der Waals surface area contributed by atoms with Crippen LogP contribution in [0.25, 0.3) is 10.9 Å². The van der Waals surface area contributed by atoms with Crippen LogP contribution in [0.15, 0.2) is 52.5 Å². The van der Waals surface area contributed by atoms with E-state index in [1.54, 1.807) is 18.9 Å². The van der Waals surface area contributed by atoms with E-state index in [-0.39, 0.29) is 6.79 Å². The first-order chi connectivity index (χ1) is 14.7. The molecule has 2 aliphatic rings. The Bertz CT molecular complexity index is 1120. The molecule has 0 atom stereocenters. The molecule has 2 aromatic carbocycles. The predicted octanol–water partition coefficient (Wildman–Crippen LogP) is 4.73. The van der Waals surface area contributed by atoms with Crippen molar-refractivity contribution in [1.29, 1.82) is 0 Å². The lowest BCUT2D eigenvalue weighted by Crippen LogP contribution is -2.32. The van der Waals surface area contributed by atoms with Crippen molar-refractivity contribution in [3.63, 3.8) is 0 Å². The van der Waals surface area contributed by atoms with Gasteiger partial charge < -0.3 is 19.1 Å². The van der Waals surface area contributed by atoms with E-state index in [9.17, 15) is 0 Å². The number of nitrogens with zero attached hydrogens (tertiary/aromatic N) is 3. The molecule has 2 aliphatic heterocycles. The summed E-state index contributed by atoms with van der Waals surface area (Å²) in [5, 5.41) is 3.71. The highest BCUT2D eigenvalue weighted by Crippen LogP contribution is 2.39. The summed E-state index contributed by atoms with van der Waals surface area (Å²) >= 11 is 7.64. The van der Waals surface area contributed by atoms with Gasteiger partial charge in [-0.2, -0.15) is 0 Å². The van der Waals surface area contributed by atoms with Gasteiger partial charge in [-0.3, -0.25) is 4.99 Å². The first-order valence-electron chi connectivity index (χ1n) is 9.63. The summed E-state index contributed by atoms with van der Waals surface area (Å²) in [6.07, 6.45) is 0. The average Bonchev–Trinajstić information content (AvgIpc) is 3.20. The molecule has 5 rings (SSSR count). The number of thioether (sulfide) groups is 1. The molecule has 0 radical (unpaired) electrons. The number of amidine groups is 1. The van der Waals surface area contributed by atoms with Crippen LogP contribution in [-0.2, 0) is 17.8 Å². The highest BCUT2D eigenvalue weighted by Gasteiger charge is 2.25. The van der Waals surface area contributed by atoms with Gasteiger partial charge in [-0.15, -0.1) is 0 Å². The Morgan fingerprint density at radius 1 is 1.17 bits per heavy atom. The minimum atomic E-state index is 0.255. The standard InChI is InChI=1S/C22H20ClN3O3S/c1-27-7-6-24-22-26(11-14-2-4-17(23)5-3-14)12-16-8-15-9-19-20(29-13-28-19)10-18(15)25-21(16)30-22/h2-5,8-10H,6-7,11-13H2,1H3. The number of hydrogen-bond acceptors (Lipinski definition) is 6. The van der Waals surface area contributed by atoms with Crippen LogP contribution in [0, 0.1) is 0 Å². The third-order valence-corrected chi connectivity index (χ3v) is 6.37. The molecule has 30 heavy (non-hydrogen) atoms. The highest BCUT2D eigenvalue weighted by molar-refractivity contribution is 8.13. The Labute approximate surface area is 183 Å². The van der Waals surface area contributed by atoms with Crippen LogP contribution in [0.2, 0.25) is 5.02 Å². The van der Waals surface area contributed by atoms with Crippen molar-refractivity contribution in [3.8, 4) is 11.5 Å². The van der Waals surface area contributed by atoms with Gasteiger partial charge in [0.25, 0.3) is 0 Å². The van der Waals surface area contributed by atoms with Crippen molar-refractivity contribution in [3.05, 3.63) is 58.6 Å². The maximum absolute atomic E-state index is 6.05. The molecule has 0 bridgehead atoms. The lowest BCUT2D eigenvalue weighted by molar-refractivity contribution is 0.174. The van der Waals surface area contributed by atoms with Gasteiger partial charge in [0.2, 0.25) is 6.79 Å². The molecule has 0 spiro atoms. The van der Waals surface area contributed by atoms with Crippen LogP contribution in [0.4, 0.5) is 0 Å². The number of aromatic nitrogens is 1. The number of fused-ring (bicyclic) bond motifs is 3. The first kappa shape index (κ1) is 19.5. The molecular weight excluding hydrogens is 422 g/mol. The average molecular weight is 442 g/mol. The van der Waals surface area contributed by atoms with Crippen molar-refractivity contribution in [1.82, 2.24) is 9.88 Å². The Kier molecular flexibility index (Phi) is 5.41. The molecule has 0 saturated carbocycles. The molecule has 3 heterocycles. The monoisotopic (exact) mass is 441 g/mol. The molecule has 154 valence electrons. The van der Waals surface area contributed by atoms with Gasteiger partial charge >= 0.3 is 0 Å². The quantitative estimate of drug-likeness (QED) is 0.533. The van der Waals surface area contributed by atoms with E-state index in [1.165, 1.54) is 11.1 Å². The number of ether oxygens (including phenoxy) is 3. The number of pyridine rings is 1. The van der Waals surface area contributed by atoms with Gasteiger partial charge in [-0.1, -0.05) is 23.7 Å². The lowest BCUT2D eigenvalue weighted by Gasteiger charge is -2.31. The van der Waals surface area contributed by atoms with Crippen molar-refractivity contribution in [2.45, 2.75) is 18.1 Å². The maximum atomic E-state index is 6.05. The molecule has 0 N–H and O–H groups in total. The Morgan fingerprint density at radius 3 is 2.77 bits per heavy atom. The molecule has 0 aliphatic carbocycles. The fourth-order valence-corrected chi connectivity index (χ4v) is 4.63. The topological polar surface area (TPSA) is 56.2 Å². The zero-order valence-electron chi connectivity index (χ0n) is 16.4. The van der Waals surface area contributed by atoms with Crippen LogP contribution in [0.1, 0.15) is 11.1 Å². The van der Waals surface area contributed by atoms with Gasteiger partial charge in [-0.05, 0) is 41.6 Å². The zero-order valence-corrected chi connectivity index (χ0v) is 18.0. The van der Waals surface area contributed by atoms with Crippen LogP contribution in [0.3, 0.4) is 0 Å². The molecule has 0 amide bonds. The third kappa shape index (κ3) is 3.93. The summed E-state index contributed by atoms with van der Waals surface area (Å²) < 4.78 is 16.2. The minimum Gasteiger partial charge on any atom is -0.454 e. The molecule has 1 aromatic heterocycles. The van der Waals surface area contributed by atoms with Gasteiger partial charge in [0.05, 0.1) is 18.7 Å². The minimum absolute atomic E-state index is 0.255. The Morgan fingerprint density at radius 2 is 1.97 bits per heavy atom. The summed E-state index contributed by atoms with van der Waals surface area (Å²) in [6.45, 7) is 2.92. The van der Waals surface area contributed by atoms with Gasteiger partial charge in [0.1, 0.15) is 5.03 Å². The fourth-order valence-electron chi connectivity index (χ4n) is 3.51. The summed E-state index contributed by atoms with van der Waals surface area (Å²) in [4.78, 5) is 11.9. The third-order valence-electron chi connectivity index (χ3n) is 5.00. The smallest absolute Gasteiger partial charge is 0.231 e. The summed E-state index contributed by atoms with van der Waals surface area (Å²) in [6, 6.07) is 14.1. The first-order valence-corrected chi connectivity index (χ1v) is 10.8. The molecular formula is C22H20ClN3O3S. The van der Waals surface area contributed by atoms with E-state index in [0.717, 1.165) is 50.7 Å². The van der Waals surface area contributed by atoms with Crippen LogP contribution >= 0.6 is 23.4 Å². The number of halogens is 1. The van der Waals surface area contributed by atoms with E-state index in [0.29, 0.717) is 13.2 Å². The Balaban J connectivity index is 1.49. The normalized spacial score (nSPS) is 16.3. The van der Waals surface area contributed by atoms with Gasteiger partial charge in [0, 0.05) is 42.2 Å². The molecule has 0 unspecified atom stereocenters. The molecule has 0 saturated heterocycles. The Hall–Kier alpha value is -2.48. The van der Waals surface area contributed by atoms with Gasteiger partial charge in [0.15, 0.2) is 16.7 Å². The molecule has 8 heteroatoms. The van der Waals surface area contributed by atoms with E-state index < -0.39 is 0 Å². The second kappa shape index (κ2) is 8.34. The highest BCUT2D eigenvalue weighted by atomic mass is 35.5. The van der Waals surface area contributed by atoms with E-state index in [4.69, 9.17) is 35.8 Å².